The third-order valence-corrected chi connectivity index (χ3v) is 2.56. The number of carbonyl (C=O) groups is 3. The Morgan fingerprint density at radius 1 is 1.39 bits per heavy atom. The quantitative estimate of drug-likeness (QED) is 0.354. The lowest BCUT2D eigenvalue weighted by atomic mass is 10.1. The van der Waals surface area contributed by atoms with Gasteiger partial charge in [-0.25, -0.2) is 4.79 Å². The van der Waals surface area contributed by atoms with Gasteiger partial charge in [-0.05, 0) is 13.3 Å². The first-order valence-corrected chi connectivity index (χ1v) is 6.21. The van der Waals surface area contributed by atoms with Crippen LogP contribution in [0.1, 0.15) is 19.8 Å². The first-order chi connectivity index (χ1) is 8.42. The van der Waals surface area contributed by atoms with Crippen LogP contribution < -0.4 is 16.4 Å². The van der Waals surface area contributed by atoms with E-state index in [1.165, 1.54) is 0 Å². The highest BCUT2D eigenvalue weighted by molar-refractivity contribution is 7.80. The Morgan fingerprint density at radius 3 is 2.44 bits per heavy atom. The molecule has 0 saturated carbocycles. The summed E-state index contributed by atoms with van der Waals surface area (Å²) >= 11 is 3.81. The van der Waals surface area contributed by atoms with Gasteiger partial charge >= 0.3 is 5.97 Å². The van der Waals surface area contributed by atoms with Gasteiger partial charge in [0.15, 0.2) is 0 Å². The fourth-order valence-electron chi connectivity index (χ4n) is 1.17. The summed E-state index contributed by atoms with van der Waals surface area (Å²) in [5, 5.41) is 13.6. The van der Waals surface area contributed by atoms with Gasteiger partial charge in [-0.1, -0.05) is 0 Å². The van der Waals surface area contributed by atoms with Gasteiger partial charge in [0.25, 0.3) is 0 Å². The summed E-state index contributed by atoms with van der Waals surface area (Å²) in [7, 11) is 0. The predicted octanol–water partition coefficient (Wildman–Crippen LogP) is -1.27. The Labute approximate surface area is 111 Å². The summed E-state index contributed by atoms with van der Waals surface area (Å²) in [4.78, 5) is 33.3. The zero-order valence-corrected chi connectivity index (χ0v) is 11.1. The van der Waals surface area contributed by atoms with E-state index < -0.39 is 24.0 Å². The van der Waals surface area contributed by atoms with Crippen molar-refractivity contribution in [2.24, 2.45) is 5.73 Å². The molecule has 0 aliphatic carbocycles. The van der Waals surface area contributed by atoms with Crippen LogP contribution in [0.15, 0.2) is 0 Å². The highest BCUT2D eigenvalue weighted by atomic mass is 32.1. The van der Waals surface area contributed by atoms with Gasteiger partial charge in [0.05, 0.1) is 6.04 Å². The normalized spacial score (nSPS) is 13.5. The van der Waals surface area contributed by atoms with E-state index in [2.05, 4.69) is 23.3 Å². The molecule has 0 saturated heterocycles. The van der Waals surface area contributed by atoms with Crippen LogP contribution in [0.2, 0.25) is 0 Å². The van der Waals surface area contributed by atoms with Gasteiger partial charge in [-0.2, -0.15) is 12.6 Å². The number of carboxylic acid groups (broad SMARTS) is 1. The molecular weight excluding hydrogens is 258 g/mol. The van der Waals surface area contributed by atoms with E-state index in [-0.39, 0.29) is 24.5 Å². The van der Waals surface area contributed by atoms with Crippen molar-refractivity contribution in [1.29, 1.82) is 0 Å². The van der Waals surface area contributed by atoms with Gasteiger partial charge in [0.1, 0.15) is 6.04 Å². The molecular formula is C10H19N3O4S. The van der Waals surface area contributed by atoms with Crippen LogP contribution in [0.4, 0.5) is 0 Å². The van der Waals surface area contributed by atoms with Crippen molar-refractivity contribution in [2.75, 3.05) is 12.3 Å². The van der Waals surface area contributed by atoms with Crippen LogP contribution >= 0.6 is 12.6 Å². The van der Waals surface area contributed by atoms with E-state index in [1.807, 2.05) is 0 Å². The topological polar surface area (TPSA) is 122 Å². The Bertz CT molecular complexity index is 311. The zero-order valence-electron chi connectivity index (χ0n) is 10.2. The number of nitrogens with one attached hydrogen (secondary N) is 2. The number of hydrogen-bond donors (Lipinski definition) is 5. The molecule has 7 nitrogen and oxygen atoms in total. The summed E-state index contributed by atoms with van der Waals surface area (Å²) in [6.07, 6.45) is 0.289. The number of nitrogens with two attached hydrogens (primary N) is 1. The Morgan fingerprint density at radius 2 is 2.00 bits per heavy atom. The predicted molar refractivity (Wildman–Crippen MR) is 69.3 cm³/mol. The van der Waals surface area contributed by atoms with E-state index in [0.29, 0.717) is 6.54 Å². The number of carbonyl (C=O) groups excluding carboxylic acids is 2. The lowest BCUT2D eigenvalue weighted by Crippen LogP contribution is -2.49. The maximum absolute atomic E-state index is 11.5. The SMILES string of the molecule is CCNC(=O)CC[C@H](N)C(=O)N[C@@H](CS)C(=O)O. The summed E-state index contributed by atoms with van der Waals surface area (Å²) in [6, 6.07) is -1.98. The maximum Gasteiger partial charge on any atom is 0.327 e. The number of carboxylic acids is 1. The monoisotopic (exact) mass is 277 g/mol. The molecule has 0 radical (unpaired) electrons. The second-order valence-electron chi connectivity index (χ2n) is 3.68. The molecule has 0 aliphatic rings. The number of aliphatic carboxylic acids is 1. The number of thiol groups is 1. The second-order valence-corrected chi connectivity index (χ2v) is 4.05. The largest absolute Gasteiger partial charge is 0.480 e. The van der Waals surface area contributed by atoms with E-state index in [4.69, 9.17) is 10.8 Å². The Balaban J connectivity index is 4.10. The minimum Gasteiger partial charge on any atom is -0.480 e. The molecule has 0 fully saturated rings. The third-order valence-electron chi connectivity index (χ3n) is 2.19. The van der Waals surface area contributed by atoms with Gasteiger partial charge < -0.3 is 21.5 Å². The van der Waals surface area contributed by atoms with Gasteiger partial charge in [0.2, 0.25) is 11.8 Å². The molecule has 8 heteroatoms. The first kappa shape index (κ1) is 16.7. The average Bonchev–Trinajstić information content (AvgIpc) is 2.32. The molecule has 0 unspecified atom stereocenters. The molecule has 0 bridgehead atoms. The maximum atomic E-state index is 11.5. The van der Waals surface area contributed by atoms with Gasteiger partial charge in [-0.3, -0.25) is 9.59 Å². The van der Waals surface area contributed by atoms with Crippen LogP contribution in [-0.2, 0) is 14.4 Å². The van der Waals surface area contributed by atoms with Gasteiger partial charge in [-0.15, -0.1) is 0 Å². The van der Waals surface area contributed by atoms with Crippen molar-refractivity contribution in [1.82, 2.24) is 10.6 Å². The van der Waals surface area contributed by atoms with Crippen molar-refractivity contribution in [3.63, 3.8) is 0 Å². The fraction of sp³-hybridized carbons (Fsp3) is 0.700. The average molecular weight is 277 g/mol. The second kappa shape index (κ2) is 8.76. The number of hydrogen-bond acceptors (Lipinski definition) is 5. The molecule has 0 rings (SSSR count). The lowest BCUT2D eigenvalue weighted by molar-refractivity contribution is -0.141. The molecule has 0 aliphatic heterocycles. The molecule has 0 heterocycles. The molecule has 18 heavy (non-hydrogen) atoms. The van der Waals surface area contributed by atoms with E-state index in [0.717, 1.165) is 0 Å². The summed E-state index contributed by atoms with van der Waals surface area (Å²) in [5.74, 6) is -1.98. The van der Waals surface area contributed by atoms with Crippen molar-refractivity contribution in [3.05, 3.63) is 0 Å². The van der Waals surface area contributed by atoms with E-state index in [1.54, 1.807) is 6.92 Å². The molecule has 0 aromatic carbocycles. The summed E-state index contributed by atoms with van der Waals surface area (Å²) in [6.45, 7) is 2.30. The Kier molecular flexibility index (Phi) is 8.14. The summed E-state index contributed by atoms with van der Waals surface area (Å²) < 4.78 is 0. The molecule has 0 spiro atoms. The minimum absolute atomic E-state index is 0.0237. The van der Waals surface area contributed by atoms with E-state index >= 15 is 0 Å². The standard InChI is InChI=1S/C10H19N3O4S/c1-2-12-8(14)4-3-6(11)9(15)13-7(5-18)10(16)17/h6-7,18H,2-5,11H2,1H3,(H,12,14)(H,13,15)(H,16,17)/t6-,7-/m0/s1. The highest BCUT2D eigenvalue weighted by Crippen LogP contribution is 1.97. The Hall–Kier alpha value is -1.28. The molecule has 2 atom stereocenters. The van der Waals surface area contributed by atoms with Crippen molar-refractivity contribution in [2.45, 2.75) is 31.8 Å². The van der Waals surface area contributed by atoms with Crippen LogP contribution in [0, 0.1) is 0 Å². The minimum atomic E-state index is -1.17. The number of amides is 2. The fourth-order valence-corrected chi connectivity index (χ4v) is 1.41. The van der Waals surface area contributed by atoms with Crippen molar-refractivity contribution in [3.8, 4) is 0 Å². The van der Waals surface area contributed by atoms with Crippen LogP contribution in [-0.4, -0.2) is 47.3 Å². The van der Waals surface area contributed by atoms with Crippen molar-refractivity contribution < 1.29 is 19.5 Å². The summed E-state index contributed by atoms with van der Waals surface area (Å²) in [5.41, 5.74) is 5.55. The van der Waals surface area contributed by atoms with Crippen molar-refractivity contribution >= 4 is 30.4 Å². The lowest BCUT2D eigenvalue weighted by Gasteiger charge is -2.16. The smallest absolute Gasteiger partial charge is 0.327 e. The van der Waals surface area contributed by atoms with Crippen LogP contribution in [0.3, 0.4) is 0 Å². The third kappa shape index (κ3) is 6.45. The van der Waals surface area contributed by atoms with Crippen LogP contribution in [0.5, 0.6) is 0 Å². The molecule has 2 amide bonds. The van der Waals surface area contributed by atoms with E-state index in [9.17, 15) is 14.4 Å². The molecule has 0 aromatic rings. The number of rotatable bonds is 8. The zero-order chi connectivity index (χ0) is 14.1. The molecule has 0 aromatic heterocycles. The molecule has 5 N–H and O–H groups in total. The first-order valence-electron chi connectivity index (χ1n) is 5.58. The molecule has 104 valence electrons. The highest BCUT2D eigenvalue weighted by Gasteiger charge is 2.22. The van der Waals surface area contributed by atoms with Crippen LogP contribution in [0.25, 0.3) is 0 Å². The van der Waals surface area contributed by atoms with Gasteiger partial charge in [0, 0.05) is 18.7 Å².